The Labute approximate surface area is 135 Å². The molecule has 0 atom stereocenters. The molecule has 1 aliphatic heterocycles. The Balaban J connectivity index is 1.78. The van der Waals surface area contributed by atoms with Gasteiger partial charge in [0.1, 0.15) is 11.5 Å². The number of hydrogen-bond donors (Lipinski definition) is 0. The van der Waals surface area contributed by atoms with Crippen LogP contribution in [0.2, 0.25) is 0 Å². The Morgan fingerprint density at radius 1 is 0.727 bits per heavy atom. The highest BCUT2D eigenvalue weighted by atomic mass is 32.1. The Bertz CT molecular complexity index is 598. The second-order valence-electron chi connectivity index (χ2n) is 4.98. The van der Waals surface area contributed by atoms with Crippen LogP contribution in [0.4, 0.5) is 11.4 Å². The molecule has 0 amide bonds. The molecule has 0 aromatic heterocycles. The minimum Gasteiger partial charge on any atom is -0.497 e. The number of benzene rings is 2. The number of methoxy groups -OCH3 is 2. The van der Waals surface area contributed by atoms with Gasteiger partial charge in [-0.25, -0.2) is 0 Å². The largest absolute Gasteiger partial charge is 0.497 e. The van der Waals surface area contributed by atoms with E-state index in [1.165, 1.54) is 0 Å². The van der Waals surface area contributed by atoms with Crippen LogP contribution >= 0.6 is 12.2 Å². The summed E-state index contributed by atoms with van der Waals surface area (Å²) in [5, 5.41) is 0.815. The van der Waals surface area contributed by atoms with Crippen LogP contribution in [-0.4, -0.2) is 32.4 Å². The van der Waals surface area contributed by atoms with Gasteiger partial charge in [0.2, 0.25) is 0 Å². The number of anilines is 2. The van der Waals surface area contributed by atoms with Crippen molar-refractivity contribution in [2.75, 3.05) is 37.1 Å². The van der Waals surface area contributed by atoms with Crippen LogP contribution < -0.4 is 19.3 Å². The van der Waals surface area contributed by atoms with E-state index in [0.717, 1.165) is 41.1 Å². The smallest absolute Gasteiger partial charge is 0.180 e. The summed E-state index contributed by atoms with van der Waals surface area (Å²) in [5.74, 6) is 1.70. The minimum absolute atomic E-state index is 0.815. The maximum absolute atomic E-state index is 5.64. The van der Waals surface area contributed by atoms with Gasteiger partial charge in [-0.1, -0.05) is 0 Å². The highest BCUT2D eigenvalue weighted by Crippen LogP contribution is 2.27. The van der Waals surface area contributed by atoms with E-state index in [2.05, 4.69) is 9.80 Å². The zero-order valence-corrected chi connectivity index (χ0v) is 13.5. The molecule has 0 spiro atoms. The SMILES string of the molecule is COc1ccc(N2CCN(c3ccc(OC)cc3)C2=S)cc1. The van der Waals surface area contributed by atoms with Crippen LogP contribution in [0, 0.1) is 0 Å². The van der Waals surface area contributed by atoms with E-state index in [1.807, 2.05) is 48.5 Å². The van der Waals surface area contributed by atoms with Crippen molar-refractivity contribution in [3.05, 3.63) is 48.5 Å². The molecule has 0 N–H and O–H groups in total. The van der Waals surface area contributed by atoms with E-state index in [1.54, 1.807) is 14.2 Å². The van der Waals surface area contributed by atoms with Crippen LogP contribution in [0.3, 0.4) is 0 Å². The molecule has 1 saturated heterocycles. The molecule has 0 bridgehead atoms. The molecule has 22 heavy (non-hydrogen) atoms. The second-order valence-corrected chi connectivity index (χ2v) is 5.35. The van der Waals surface area contributed by atoms with E-state index in [-0.39, 0.29) is 0 Å². The third-order valence-corrected chi connectivity index (χ3v) is 4.22. The molecule has 0 aliphatic carbocycles. The zero-order valence-electron chi connectivity index (χ0n) is 12.7. The lowest BCUT2D eigenvalue weighted by Gasteiger charge is -2.22. The van der Waals surface area contributed by atoms with Gasteiger partial charge in [-0.15, -0.1) is 0 Å². The second kappa shape index (κ2) is 6.23. The third kappa shape index (κ3) is 2.72. The van der Waals surface area contributed by atoms with Gasteiger partial charge in [0.05, 0.1) is 14.2 Å². The summed E-state index contributed by atoms with van der Waals surface area (Å²) in [6, 6.07) is 15.9. The van der Waals surface area contributed by atoms with Gasteiger partial charge in [0.25, 0.3) is 0 Å². The average molecular weight is 314 g/mol. The number of hydrogen-bond acceptors (Lipinski definition) is 3. The molecular weight excluding hydrogens is 296 g/mol. The molecule has 4 nitrogen and oxygen atoms in total. The quantitative estimate of drug-likeness (QED) is 0.806. The summed E-state index contributed by atoms with van der Waals surface area (Å²) < 4.78 is 10.4. The molecule has 5 heteroatoms. The lowest BCUT2D eigenvalue weighted by atomic mass is 10.3. The van der Waals surface area contributed by atoms with Crippen LogP contribution in [0.1, 0.15) is 0 Å². The van der Waals surface area contributed by atoms with Gasteiger partial charge in [0, 0.05) is 24.5 Å². The Kier molecular flexibility index (Phi) is 4.15. The Morgan fingerprint density at radius 2 is 1.09 bits per heavy atom. The van der Waals surface area contributed by atoms with Crippen molar-refractivity contribution < 1.29 is 9.47 Å². The van der Waals surface area contributed by atoms with Crippen molar-refractivity contribution in [1.82, 2.24) is 0 Å². The molecule has 1 fully saturated rings. The fraction of sp³-hybridized carbons (Fsp3) is 0.235. The molecular formula is C17H18N2O2S. The fourth-order valence-electron chi connectivity index (χ4n) is 2.54. The minimum atomic E-state index is 0.815. The van der Waals surface area contributed by atoms with E-state index in [9.17, 15) is 0 Å². The summed E-state index contributed by atoms with van der Waals surface area (Å²) in [6.45, 7) is 1.74. The zero-order chi connectivity index (χ0) is 15.5. The predicted molar refractivity (Wildman–Crippen MR) is 93.3 cm³/mol. The molecule has 0 radical (unpaired) electrons. The summed E-state index contributed by atoms with van der Waals surface area (Å²) >= 11 is 5.64. The summed E-state index contributed by atoms with van der Waals surface area (Å²) in [7, 11) is 3.34. The highest BCUT2D eigenvalue weighted by molar-refractivity contribution is 7.80. The lowest BCUT2D eigenvalue weighted by Crippen LogP contribution is -2.31. The van der Waals surface area contributed by atoms with E-state index in [0.29, 0.717) is 0 Å². The van der Waals surface area contributed by atoms with Crippen molar-refractivity contribution in [3.8, 4) is 11.5 Å². The van der Waals surface area contributed by atoms with Gasteiger partial charge in [-0.3, -0.25) is 0 Å². The van der Waals surface area contributed by atoms with E-state index >= 15 is 0 Å². The van der Waals surface area contributed by atoms with Gasteiger partial charge >= 0.3 is 0 Å². The van der Waals surface area contributed by atoms with Crippen molar-refractivity contribution in [1.29, 1.82) is 0 Å². The van der Waals surface area contributed by atoms with Crippen molar-refractivity contribution in [3.63, 3.8) is 0 Å². The van der Waals surface area contributed by atoms with Crippen LogP contribution in [0.5, 0.6) is 11.5 Å². The summed E-state index contributed by atoms with van der Waals surface area (Å²) in [4.78, 5) is 4.28. The number of ether oxygens (including phenoxy) is 2. The van der Waals surface area contributed by atoms with Gasteiger partial charge in [0.15, 0.2) is 5.11 Å². The number of nitrogens with zero attached hydrogens (tertiary/aromatic N) is 2. The molecule has 114 valence electrons. The molecule has 2 aromatic carbocycles. The molecule has 2 aromatic rings. The number of rotatable bonds is 4. The van der Waals surface area contributed by atoms with Crippen LogP contribution in [0.25, 0.3) is 0 Å². The first-order valence-corrected chi connectivity index (χ1v) is 7.51. The number of thiocarbonyl (C=S) groups is 1. The Hall–Kier alpha value is -2.27. The van der Waals surface area contributed by atoms with Gasteiger partial charge < -0.3 is 19.3 Å². The molecule has 3 rings (SSSR count). The normalized spacial score (nSPS) is 14.4. The van der Waals surface area contributed by atoms with Crippen molar-refractivity contribution >= 4 is 28.7 Å². The third-order valence-electron chi connectivity index (χ3n) is 3.78. The topological polar surface area (TPSA) is 24.9 Å². The van der Waals surface area contributed by atoms with Crippen molar-refractivity contribution in [2.24, 2.45) is 0 Å². The lowest BCUT2D eigenvalue weighted by molar-refractivity contribution is 0.414. The fourth-order valence-corrected chi connectivity index (χ4v) is 2.93. The molecule has 1 heterocycles. The highest BCUT2D eigenvalue weighted by Gasteiger charge is 2.27. The maximum atomic E-state index is 5.64. The van der Waals surface area contributed by atoms with Gasteiger partial charge in [-0.2, -0.15) is 0 Å². The van der Waals surface area contributed by atoms with Crippen LogP contribution in [-0.2, 0) is 0 Å². The van der Waals surface area contributed by atoms with Crippen LogP contribution in [0.15, 0.2) is 48.5 Å². The van der Waals surface area contributed by atoms with E-state index in [4.69, 9.17) is 21.7 Å². The maximum Gasteiger partial charge on any atom is 0.180 e. The average Bonchev–Trinajstić information content (AvgIpc) is 2.96. The predicted octanol–water partition coefficient (Wildman–Crippen LogP) is 3.32. The van der Waals surface area contributed by atoms with Crippen molar-refractivity contribution in [2.45, 2.75) is 0 Å². The summed E-state index contributed by atoms with van der Waals surface area (Å²) in [5.41, 5.74) is 2.17. The molecule has 0 saturated carbocycles. The Morgan fingerprint density at radius 3 is 1.41 bits per heavy atom. The molecule has 1 aliphatic rings. The molecule has 0 unspecified atom stereocenters. The standard InChI is InChI=1S/C17H18N2O2S/c1-20-15-7-3-13(4-8-15)18-11-12-19(17(18)22)14-5-9-16(21-2)10-6-14/h3-10H,11-12H2,1-2H3. The first-order chi connectivity index (χ1) is 10.7. The summed E-state index contributed by atoms with van der Waals surface area (Å²) in [6.07, 6.45) is 0. The van der Waals surface area contributed by atoms with E-state index < -0.39 is 0 Å². The monoisotopic (exact) mass is 314 g/mol. The first-order valence-electron chi connectivity index (χ1n) is 7.10. The first kappa shape index (κ1) is 14.7. The van der Waals surface area contributed by atoms with Gasteiger partial charge in [-0.05, 0) is 60.7 Å².